The van der Waals surface area contributed by atoms with E-state index in [9.17, 15) is 0 Å². The number of benzene rings is 13. The maximum atomic E-state index is 2.43. The number of fused-ring (bicyclic) bond motifs is 9. The van der Waals surface area contributed by atoms with Crippen molar-refractivity contribution >= 4 is 82.0 Å². The fourth-order valence-corrected chi connectivity index (χ4v) is 11.2. The van der Waals surface area contributed by atoms with Crippen molar-refractivity contribution in [2.75, 3.05) is 4.90 Å². The molecule has 0 fully saturated rings. The number of hydrogen-bond donors (Lipinski definition) is 0. The molecule has 0 saturated carbocycles. The molecule has 0 bridgehead atoms. The molecule has 2 heteroatoms. The Morgan fingerprint density at radius 1 is 0.236 bits per heavy atom. The summed E-state index contributed by atoms with van der Waals surface area (Å²) in [6, 6.07) is 102. The molecule has 336 valence electrons. The summed E-state index contributed by atoms with van der Waals surface area (Å²) in [5.41, 5.74) is 16.3. The molecule has 72 heavy (non-hydrogen) atoms. The maximum absolute atomic E-state index is 2.43. The molecule has 0 spiro atoms. The van der Waals surface area contributed by atoms with E-state index in [-0.39, 0.29) is 0 Å². The van der Waals surface area contributed by atoms with Gasteiger partial charge >= 0.3 is 0 Å². The molecule has 13 aromatic carbocycles. The second kappa shape index (κ2) is 17.2. The molecule has 14 aromatic rings. The standard InChI is InChI=1S/C70H46N2/c1-3-13-47(14-4-1)54-35-42-67-69(46-54)72(58-18-5-2-6-19-58)68-24-12-23-66(70(67)68)55-17-11-20-61(45-55)71(59-36-29-48(30-37-59)52-33-40-64-56(43-52)27-25-50-15-7-9-21-62(50)64)60-38-31-49(32-39-60)53-34-41-65-57(44-53)28-26-51-16-8-10-22-63(51)65/h1-46H. The summed E-state index contributed by atoms with van der Waals surface area (Å²) in [6.07, 6.45) is 0. The Morgan fingerprint density at radius 2 is 0.694 bits per heavy atom. The normalized spacial score (nSPS) is 11.6. The van der Waals surface area contributed by atoms with Gasteiger partial charge in [-0.2, -0.15) is 0 Å². The van der Waals surface area contributed by atoms with Crippen LogP contribution in [0.5, 0.6) is 0 Å². The first kappa shape index (κ1) is 41.5. The van der Waals surface area contributed by atoms with Gasteiger partial charge in [0.05, 0.1) is 11.0 Å². The molecule has 1 heterocycles. The summed E-state index contributed by atoms with van der Waals surface area (Å²) in [6.45, 7) is 0. The fraction of sp³-hybridized carbons (Fsp3) is 0. The largest absolute Gasteiger partial charge is 0.310 e. The fourth-order valence-electron chi connectivity index (χ4n) is 11.2. The van der Waals surface area contributed by atoms with Crippen LogP contribution in [0.1, 0.15) is 0 Å². The van der Waals surface area contributed by atoms with E-state index in [0.717, 1.165) is 28.3 Å². The molecule has 0 aliphatic rings. The van der Waals surface area contributed by atoms with Gasteiger partial charge in [0.2, 0.25) is 0 Å². The second-order valence-electron chi connectivity index (χ2n) is 18.9. The Kier molecular flexibility index (Phi) is 9.89. The third-order valence-corrected chi connectivity index (χ3v) is 14.7. The molecule has 0 aliphatic carbocycles. The molecular formula is C70H46N2. The Balaban J connectivity index is 0.892. The number of rotatable bonds is 8. The summed E-state index contributed by atoms with van der Waals surface area (Å²) < 4.78 is 2.43. The zero-order valence-electron chi connectivity index (χ0n) is 39.5. The number of hydrogen-bond acceptors (Lipinski definition) is 1. The molecule has 0 N–H and O–H groups in total. The van der Waals surface area contributed by atoms with E-state index in [1.54, 1.807) is 0 Å². The Hall–Kier alpha value is -9.50. The van der Waals surface area contributed by atoms with E-state index in [4.69, 9.17) is 0 Å². The third-order valence-electron chi connectivity index (χ3n) is 14.7. The van der Waals surface area contributed by atoms with E-state index in [0.29, 0.717) is 0 Å². The van der Waals surface area contributed by atoms with Crippen molar-refractivity contribution in [3.8, 4) is 50.2 Å². The minimum absolute atomic E-state index is 1.08. The Bertz CT molecular complexity index is 4200. The minimum atomic E-state index is 1.08. The van der Waals surface area contributed by atoms with Crippen LogP contribution in [-0.4, -0.2) is 4.57 Å². The number of anilines is 3. The van der Waals surface area contributed by atoms with Crippen molar-refractivity contribution in [2.45, 2.75) is 0 Å². The quantitative estimate of drug-likeness (QED) is 0.138. The molecule has 2 nitrogen and oxygen atoms in total. The highest BCUT2D eigenvalue weighted by Crippen LogP contribution is 2.44. The number of nitrogens with zero attached hydrogens (tertiary/aromatic N) is 2. The molecule has 1 aromatic heterocycles. The van der Waals surface area contributed by atoms with Crippen LogP contribution in [0.25, 0.3) is 115 Å². The lowest BCUT2D eigenvalue weighted by Crippen LogP contribution is -2.10. The predicted molar refractivity (Wildman–Crippen MR) is 307 cm³/mol. The first-order valence-corrected chi connectivity index (χ1v) is 24.8. The van der Waals surface area contributed by atoms with E-state index in [1.807, 2.05) is 0 Å². The minimum Gasteiger partial charge on any atom is -0.310 e. The van der Waals surface area contributed by atoms with Gasteiger partial charge in [-0.05, 0) is 160 Å². The average molecular weight is 915 g/mol. The predicted octanol–water partition coefficient (Wildman–Crippen LogP) is 19.5. The lowest BCUT2D eigenvalue weighted by molar-refractivity contribution is 1.18. The maximum Gasteiger partial charge on any atom is 0.0547 e. The first-order chi connectivity index (χ1) is 35.7. The van der Waals surface area contributed by atoms with Crippen LogP contribution < -0.4 is 4.90 Å². The molecule has 0 radical (unpaired) electrons. The van der Waals surface area contributed by atoms with Gasteiger partial charge in [0, 0.05) is 33.5 Å². The molecule has 0 unspecified atom stereocenters. The van der Waals surface area contributed by atoms with Crippen LogP contribution in [0, 0.1) is 0 Å². The topological polar surface area (TPSA) is 8.17 Å². The SMILES string of the molecule is c1ccc(-c2ccc3c4c(-c5cccc(N(c6ccc(-c7ccc8c(ccc9ccccc98)c7)cc6)c6ccc(-c7ccc8c(ccc9ccccc98)c7)cc6)c5)cccc4n(-c4ccccc4)c3c2)cc1. The van der Waals surface area contributed by atoms with Gasteiger partial charge in [-0.3, -0.25) is 0 Å². The summed E-state index contributed by atoms with van der Waals surface area (Å²) in [7, 11) is 0. The Morgan fingerprint density at radius 3 is 1.31 bits per heavy atom. The second-order valence-corrected chi connectivity index (χ2v) is 18.9. The van der Waals surface area contributed by atoms with Crippen LogP contribution >= 0.6 is 0 Å². The molecule has 0 aliphatic heterocycles. The van der Waals surface area contributed by atoms with Gasteiger partial charge in [0.15, 0.2) is 0 Å². The van der Waals surface area contributed by atoms with Gasteiger partial charge in [-0.15, -0.1) is 0 Å². The lowest BCUT2D eigenvalue weighted by atomic mass is 9.96. The highest BCUT2D eigenvalue weighted by atomic mass is 15.1. The van der Waals surface area contributed by atoms with Crippen molar-refractivity contribution < 1.29 is 0 Å². The molecular weight excluding hydrogens is 869 g/mol. The van der Waals surface area contributed by atoms with Crippen LogP contribution in [0.2, 0.25) is 0 Å². The van der Waals surface area contributed by atoms with Crippen molar-refractivity contribution in [3.05, 3.63) is 279 Å². The summed E-state index contributed by atoms with van der Waals surface area (Å²) in [5, 5.41) is 12.6. The van der Waals surface area contributed by atoms with Crippen molar-refractivity contribution in [3.63, 3.8) is 0 Å². The summed E-state index contributed by atoms with van der Waals surface area (Å²) in [5.74, 6) is 0. The van der Waals surface area contributed by atoms with Gasteiger partial charge in [-0.25, -0.2) is 0 Å². The van der Waals surface area contributed by atoms with Crippen LogP contribution in [-0.2, 0) is 0 Å². The van der Waals surface area contributed by atoms with Gasteiger partial charge < -0.3 is 9.47 Å². The highest BCUT2D eigenvalue weighted by Gasteiger charge is 2.20. The van der Waals surface area contributed by atoms with Crippen molar-refractivity contribution in [2.24, 2.45) is 0 Å². The van der Waals surface area contributed by atoms with Gasteiger partial charge in [-0.1, -0.05) is 206 Å². The zero-order valence-corrected chi connectivity index (χ0v) is 39.5. The van der Waals surface area contributed by atoms with Crippen LogP contribution in [0.3, 0.4) is 0 Å². The zero-order chi connectivity index (χ0) is 47.5. The van der Waals surface area contributed by atoms with Crippen LogP contribution in [0.15, 0.2) is 279 Å². The van der Waals surface area contributed by atoms with E-state index >= 15 is 0 Å². The van der Waals surface area contributed by atoms with E-state index < -0.39 is 0 Å². The molecule has 0 saturated heterocycles. The Labute approximate surface area is 418 Å². The van der Waals surface area contributed by atoms with Gasteiger partial charge in [0.25, 0.3) is 0 Å². The molecule has 14 rings (SSSR count). The summed E-state index contributed by atoms with van der Waals surface area (Å²) in [4.78, 5) is 2.40. The number of aromatic nitrogens is 1. The van der Waals surface area contributed by atoms with Gasteiger partial charge in [0.1, 0.15) is 0 Å². The van der Waals surface area contributed by atoms with Crippen LogP contribution in [0.4, 0.5) is 17.1 Å². The van der Waals surface area contributed by atoms with E-state index in [2.05, 4.69) is 289 Å². The van der Waals surface area contributed by atoms with E-state index in [1.165, 1.54) is 104 Å². The molecule has 0 atom stereocenters. The number of para-hydroxylation sites is 1. The smallest absolute Gasteiger partial charge is 0.0547 e. The lowest BCUT2D eigenvalue weighted by Gasteiger charge is -2.26. The average Bonchev–Trinajstić information content (AvgIpc) is 3.80. The highest BCUT2D eigenvalue weighted by molar-refractivity contribution is 6.17. The summed E-state index contributed by atoms with van der Waals surface area (Å²) >= 11 is 0. The van der Waals surface area contributed by atoms with Crippen molar-refractivity contribution in [1.82, 2.24) is 4.57 Å². The first-order valence-electron chi connectivity index (χ1n) is 24.8. The third kappa shape index (κ3) is 7.12. The molecule has 0 amide bonds. The monoisotopic (exact) mass is 914 g/mol. The van der Waals surface area contributed by atoms with Crippen molar-refractivity contribution in [1.29, 1.82) is 0 Å².